The quantitative estimate of drug-likeness (QED) is 0.751. The predicted molar refractivity (Wildman–Crippen MR) is 97.4 cm³/mol. The molecule has 7 nitrogen and oxygen atoms in total. The number of carboxylic acids is 1. The minimum atomic E-state index is -3.69. The van der Waals surface area contributed by atoms with E-state index in [0.717, 1.165) is 0 Å². The lowest BCUT2D eigenvalue weighted by atomic mass is 9.87. The highest BCUT2D eigenvalue weighted by molar-refractivity contribution is 7.89. The molecule has 0 heterocycles. The van der Waals surface area contributed by atoms with Crippen LogP contribution >= 0.6 is 0 Å². The van der Waals surface area contributed by atoms with Crippen molar-refractivity contribution in [3.63, 3.8) is 0 Å². The van der Waals surface area contributed by atoms with Crippen molar-refractivity contribution in [2.24, 2.45) is 5.92 Å². The summed E-state index contributed by atoms with van der Waals surface area (Å²) in [6, 6.07) is 5.66. The van der Waals surface area contributed by atoms with Gasteiger partial charge in [0.15, 0.2) is 0 Å². The largest absolute Gasteiger partial charge is 0.481 e. The maximum Gasteiger partial charge on any atom is 0.306 e. The monoisotopic (exact) mass is 382 g/mol. The molecule has 0 aliphatic heterocycles. The van der Waals surface area contributed by atoms with E-state index in [4.69, 9.17) is 5.11 Å². The smallest absolute Gasteiger partial charge is 0.306 e. The average Bonchev–Trinajstić information content (AvgIpc) is 2.63. The van der Waals surface area contributed by atoms with E-state index in [1.54, 1.807) is 4.90 Å². The first-order chi connectivity index (χ1) is 12.3. The van der Waals surface area contributed by atoms with Gasteiger partial charge in [-0.25, -0.2) is 13.1 Å². The highest BCUT2D eigenvalue weighted by Gasteiger charge is 2.29. The number of carbonyl (C=O) groups is 2. The molecule has 0 spiro atoms. The van der Waals surface area contributed by atoms with Crippen LogP contribution in [0.2, 0.25) is 0 Å². The predicted octanol–water partition coefficient (Wildman–Crippen LogP) is 2.09. The molecule has 0 unspecified atom stereocenters. The second kappa shape index (κ2) is 8.64. The van der Waals surface area contributed by atoms with Crippen LogP contribution in [0, 0.1) is 5.92 Å². The highest BCUT2D eigenvalue weighted by atomic mass is 32.2. The normalized spacial score (nSPS) is 20.5. The van der Waals surface area contributed by atoms with Crippen LogP contribution in [0.4, 0.5) is 0 Å². The Kier molecular flexibility index (Phi) is 6.77. The lowest BCUT2D eigenvalue weighted by Crippen LogP contribution is -2.38. The van der Waals surface area contributed by atoms with E-state index in [0.29, 0.717) is 44.3 Å². The van der Waals surface area contributed by atoms with E-state index >= 15 is 0 Å². The zero-order valence-corrected chi connectivity index (χ0v) is 16.0. The number of benzene rings is 1. The fourth-order valence-electron chi connectivity index (χ4n) is 3.22. The average molecular weight is 382 g/mol. The van der Waals surface area contributed by atoms with Crippen molar-refractivity contribution in [2.75, 3.05) is 13.1 Å². The summed E-state index contributed by atoms with van der Waals surface area (Å²) in [6.07, 6.45) is 1.96. The van der Waals surface area contributed by atoms with Crippen molar-refractivity contribution in [3.8, 4) is 0 Å². The fraction of sp³-hybridized carbons (Fsp3) is 0.556. The second-order valence-electron chi connectivity index (χ2n) is 6.51. The van der Waals surface area contributed by atoms with Gasteiger partial charge in [0.25, 0.3) is 5.91 Å². The number of carboxylic acid groups (broad SMARTS) is 1. The minimum absolute atomic E-state index is 0.106. The molecule has 0 aromatic heterocycles. The van der Waals surface area contributed by atoms with Gasteiger partial charge in [0.1, 0.15) is 0 Å². The third kappa shape index (κ3) is 4.82. The van der Waals surface area contributed by atoms with Gasteiger partial charge in [-0.15, -0.1) is 0 Å². The maximum atomic E-state index is 12.5. The number of rotatable bonds is 7. The van der Waals surface area contributed by atoms with Gasteiger partial charge in [-0.3, -0.25) is 9.59 Å². The number of nitrogens with zero attached hydrogens (tertiary/aromatic N) is 1. The zero-order valence-electron chi connectivity index (χ0n) is 15.1. The number of sulfonamides is 1. The van der Waals surface area contributed by atoms with Crippen molar-refractivity contribution in [3.05, 3.63) is 29.8 Å². The van der Waals surface area contributed by atoms with Crippen LogP contribution in [0.3, 0.4) is 0 Å². The van der Waals surface area contributed by atoms with E-state index in [1.165, 1.54) is 24.3 Å². The van der Waals surface area contributed by atoms with Crippen LogP contribution in [0.5, 0.6) is 0 Å². The van der Waals surface area contributed by atoms with E-state index in [9.17, 15) is 18.0 Å². The standard InChI is InChI=1S/C18H26N2O5S/c1-3-20(4-2)17(21)13-7-11-16(12-8-13)26(24,25)19-15-9-5-14(6-10-15)18(22)23/h7-8,11-12,14-15,19H,3-6,9-10H2,1-2H3,(H,22,23). The zero-order chi connectivity index (χ0) is 19.3. The summed E-state index contributed by atoms with van der Waals surface area (Å²) in [5.41, 5.74) is 0.453. The Labute approximate surface area is 154 Å². The number of nitrogens with one attached hydrogen (secondary N) is 1. The summed E-state index contributed by atoms with van der Waals surface area (Å²) < 4.78 is 27.7. The summed E-state index contributed by atoms with van der Waals surface area (Å²) in [6.45, 7) is 4.97. The Morgan fingerprint density at radius 3 is 2.08 bits per heavy atom. The first-order valence-electron chi connectivity index (χ1n) is 8.93. The van der Waals surface area contributed by atoms with Crippen LogP contribution in [0.25, 0.3) is 0 Å². The second-order valence-corrected chi connectivity index (χ2v) is 8.22. The van der Waals surface area contributed by atoms with Crippen molar-refractivity contribution < 1.29 is 23.1 Å². The van der Waals surface area contributed by atoms with Gasteiger partial charge >= 0.3 is 5.97 Å². The van der Waals surface area contributed by atoms with E-state index in [-0.39, 0.29) is 22.8 Å². The Morgan fingerprint density at radius 1 is 1.08 bits per heavy atom. The molecule has 1 aromatic carbocycles. The number of hydrogen-bond donors (Lipinski definition) is 2. The molecule has 2 rings (SSSR count). The first kappa shape index (κ1) is 20.4. The molecule has 8 heteroatoms. The molecule has 1 saturated carbocycles. The molecular weight excluding hydrogens is 356 g/mol. The van der Waals surface area contributed by atoms with Crippen molar-refractivity contribution >= 4 is 21.9 Å². The van der Waals surface area contributed by atoms with Crippen molar-refractivity contribution in [1.82, 2.24) is 9.62 Å². The van der Waals surface area contributed by atoms with E-state index in [2.05, 4.69) is 4.72 Å². The van der Waals surface area contributed by atoms with Gasteiger partial charge in [0.05, 0.1) is 10.8 Å². The molecule has 0 atom stereocenters. The van der Waals surface area contributed by atoms with Gasteiger partial charge in [0.2, 0.25) is 10.0 Å². The molecule has 2 N–H and O–H groups in total. The number of hydrogen-bond acceptors (Lipinski definition) is 4. The Bertz CT molecular complexity index is 733. The van der Waals surface area contributed by atoms with Gasteiger partial charge in [-0.1, -0.05) is 0 Å². The first-order valence-corrected chi connectivity index (χ1v) is 10.4. The summed E-state index contributed by atoms with van der Waals surface area (Å²) >= 11 is 0. The Hall–Kier alpha value is -1.93. The number of amides is 1. The van der Waals surface area contributed by atoms with Gasteiger partial charge in [-0.2, -0.15) is 0 Å². The minimum Gasteiger partial charge on any atom is -0.481 e. The molecule has 1 aliphatic carbocycles. The third-order valence-electron chi connectivity index (χ3n) is 4.86. The maximum absolute atomic E-state index is 12.5. The molecule has 1 fully saturated rings. The van der Waals surface area contributed by atoms with Crippen molar-refractivity contribution in [2.45, 2.75) is 50.5 Å². The Balaban J connectivity index is 2.03. The highest BCUT2D eigenvalue weighted by Crippen LogP contribution is 2.25. The van der Waals surface area contributed by atoms with Crippen LogP contribution < -0.4 is 4.72 Å². The molecule has 1 aromatic rings. The van der Waals surface area contributed by atoms with Crippen LogP contribution in [0.15, 0.2) is 29.2 Å². The van der Waals surface area contributed by atoms with E-state index in [1.807, 2.05) is 13.8 Å². The Morgan fingerprint density at radius 2 is 1.62 bits per heavy atom. The van der Waals surface area contributed by atoms with Crippen LogP contribution in [0.1, 0.15) is 49.9 Å². The molecule has 1 amide bonds. The molecule has 0 bridgehead atoms. The third-order valence-corrected chi connectivity index (χ3v) is 6.40. The van der Waals surface area contributed by atoms with Gasteiger partial charge < -0.3 is 10.0 Å². The number of aliphatic carboxylic acids is 1. The van der Waals surface area contributed by atoms with Gasteiger partial charge in [0, 0.05) is 24.7 Å². The summed E-state index contributed by atoms with van der Waals surface area (Å²) in [7, 11) is -3.69. The summed E-state index contributed by atoms with van der Waals surface area (Å²) in [4.78, 5) is 25.0. The van der Waals surface area contributed by atoms with Gasteiger partial charge in [-0.05, 0) is 63.8 Å². The molecule has 26 heavy (non-hydrogen) atoms. The summed E-state index contributed by atoms with van der Waals surface area (Å²) in [5.74, 6) is -1.33. The molecule has 1 aliphatic rings. The van der Waals surface area contributed by atoms with E-state index < -0.39 is 16.0 Å². The lowest BCUT2D eigenvalue weighted by molar-refractivity contribution is -0.142. The topological polar surface area (TPSA) is 104 Å². The molecule has 0 radical (unpaired) electrons. The SMILES string of the molecule is CCN(CC)C(=O)c1ccc(S(=O)(=O)NC2CCC(C(=O)O)CC2)cc1. The number of carbonyl (C=O) groups excluding carboxylic acids is 1. The molecular formula is C18H26N2O5S. The molecule has 144 valence electrons. The van der Waals surface area contributed by atoms with Crippen LogP contribution in [-0.4, -0.2) is 49.4 Å². The fourth-order valence-corrected chi connectivity index (χ4v) is 4.52. The van der Waals surface area contributed by atoms with Crippen LogP contribution in [-0.2, 0) is 14.8 Å². The molecule has 0 saturated heterocycles. The summed E-state index contributed by atoms with van der Waals surface area (Å²) in [5, 5.41) is 9.01. The van der Waals surface area contributed by atoms with Crippen molar-refractivity contribution in [1.29, 1.82) is 0 Å². The lowest BCUT2D eigenvalue weighted by Gasteiger charge is -2.26.